The smallest absolute Gasteiger partial charge is 0.321 e. The molecule has 0 spiro atoms. The molecule has 1 unspecified atom stereocenters. The molecule has 2 aliphatic heterocycles. The van der Waals surface area contributed by atoms with Gasteiger partial charge in [-0.3, -0.25) is 9.79 Å². The van der Waals surface area contributed by atoms with Gasteiger partial charge < -0.3 is 25.3 Å². The fourth-order valence-corrected chi connectivity index (χ4v) is 6.49. The van der Waals surface area contributed by atoms with Crippen molar-refractivity contribution in [2.45, 2.75) is 51.6 Å². The van der Waals surface area contributed by atoms with E-state index in [1.165, 1.54) is 6.42 Å². The highest BCUT2D eigenvalue weighted by molar-refractivity contribution is 6.14. The number of benzene rings is 2. The van der Waals surface area contributed by atoms with Crippen LogP contribution in [-0.4, -0.2) is 61.5 Å². The third-order valence-electron chi connectivity index (χ3n) is 8.69. The lowest BCUT2D eigenvalue weighted by atomic mass is 9.83. The lowest BCUT2D eigenvalue weighted by molar-refractivity contribution is -0.120. The van der Waals surface area contributed by atoms with Gasteiger partial charge in [0.1, 0.15) is 5.82 Å². The van der Waals surface area contributed by atoms with E-state index in [4.69, 9.17) is 4.99 Å². The van der Waals surface area contributed by atoms with E-state index in [0.717, 1.165) is 86.8 Å². The number of piperazine rings is 1. The number of urea groups is 1. The Balaban J connectivity index is 1.13. The number of benzodiazepines with no additional fused rings is 1. The lowest BCUT2D eigenvalue weighted by Gasteiger charge is -2.36. The molecule has 3 aromatic rings. The summed E-state index contributed by atoms with van der Waals surface area (Å²) in [5, 5.41) is 5.82. The number of anilines is 4. The number of rotatable bonds is 7. The van der Waals surface area contributed by atoms with Crippen molar-refractivity contribution in [3.05, 3.63) is 78.5 Å². The average molecular weight is 580 g/mol. The molecule has 2 N–H and O–H groups in total. The van der Waals surface area contributed by atoms with Gasteiger partial charge >= 0.3 is 6.03 Å². The molecule has 43 heavy (non-hydrogen) atoms. The van der Waals surface area contributed by atoms with Crippen LogP contribution in [0.4, 0.5) is 27.7 Å². The summed E-state index contributed by atoms with van der Waals surface area (Å²) < 4.78 is 0. The molecule has 0 bridgehead atoms. The van der Waals surface area contributed by atoms with Gasteiger partial charge in [-0.15, -0.1) is 0 Å². The van der Waals surface area contributed by atoms with Crippen LogP contribution < -0.4 is 25.3 Å². The molecule has 1 aliphatic carbocycles. The summed E-state index contributed by atoms with van der Waals surface area (Å²) in [6, 6.07) is 21.5. The Morgan fingerprint density at radius 2 is 1.60 bits per heavy atom. The van der Waals surface area contributed by atoms with E-state index in [0.29, 0.717) is 12.2 Å². The Morgan fingerprint density at radius 1 is 0.884 bits per heavy atom. The van der Waals surface area contributed by atoms with E-state index in [-0.39, 0.29) is 11.8 Å². The van der Waals surface area contributed by atoms with Crippen molar-refractivity contribution in [2.24, 2.45) is 10.9 Å². The average Bonchev–Trinajstić information content (AvgIpc) is 3.17. The molecule has 1 atom stereocenters. The fourth-order valence-electron chi connectivity index (χ4n) is 6.49. The normalized spacial score (nSPS) is 19.4. The molecule has 3 heterocycles. The zero-order chi connectivity index (χ0) is 29.6. The molecule has 6 rings (SSSR count). The Kier molecular flexibility index (Phi) is 8.86. The van der Waals surface area contributed by atoms with Gasteiger partial charge in [-0.05, 0) is 61.7 Å². The van der Waals surface area contributed by atoms with Crippen molar-refractivity contribution in [1.29, 1.82) is 0 Å². The molecular formula is C34H41N7O2. The van der Waals surface area contributed by atoms with Gasteiger partial charge in [0.25, 0.3) is 5.91 Å². The molecule has 224 valence electrons. The van der Waals surface area contributed by atoms with Crippen LogP contribution in [0.15, 0.2) is 77.9 Å². The number of aromatic nitrogens is 1. The molecule has 0 radical (unpaired) electrons. The van der Waals surface area contributed by atoms with Gasteiger partial charge in [0.15, 0.2) is 0 Å². The van der Waals surface area contributed by atoms with Gasteiger partial charge in [0, 0.05) is 61.8 Å². The largest absolute Gasteiger partial charge is 0.368 e. The number of nitrogens with one attached hydrogen (secondary N) is 2. The van der Waals surface area contributed by atoms with Crippen LogP contribution >= 0.6 is 0 Å². The van der Waals surface area contributed by atoms with Crippen LogP contribution in [0.1, 0.15) is 51.0 Å². The number of para-hydroxylation sites is 1. The SMILES string of the molecule is CCCN1C(=O)C(NC(=O)Nc2ccc(N3CCN(c4ccccn4)CC3)cc2)N=C(C2CCCCC2)c2ccccc21. The minimum absolute atomic E-state index is 0.199. The maximum absolute atomic E-state index is 13.8. The minimum atomic E-state index is -0.981. The molecule has 1 saturated heterocycles. The van der Waals surface area contributed by atoms with Crippen molar-refractivity contribution in [1.82, 2.24) is 10.3 Å². The second-order valence-corrected chi connectivity index (χ2v) is 11.6. The maximum Gasteiger partial charge on any atom is 0.321 e. The van der Waals surface area contributed by atoms with Crippen LogP contribution in [0.5, 0.6) is 0 Å². The molecule has 2 fully saturated rings. The fraction of sp³-hybridized carbons (Fsp3) is 0.412. The summed E-state index contributed by atoms with van der Waals surface area (Å²) in [6.07, 6.45) is 7.32. The first-order chi connectivity index (χ1) is 21.1. The second kappa shape index (κ2) is 13.3. The first kappa shape index (κ1) is 28.7. The van der Waals surface area contributed by atoms with Crippen LogP contribution in [0.2, 0.25) is 0 Å². The number of carbonyl (C=O) groups is 2. The Bertz CT molecular complexity index is 1430. The summed E-state index contributed by atoms with van der Waals surface area (Å²) >= 11 is 0. The monoisotopic (exact) mass is 579 g/mol. The van der Waals surface area contributed by atoms with E-state index in [9.17, 15) is 9.59 Å². The summed E-state index contributed by atoms with van der Waals surface area (Å²) in [4.78, 5) is 42.9. The maximum atomic E-state index is 13.8. The first-order valence-corrected chi connectivity index (χ1v) is 15.7. The van der Waals surface area contributed by atoms with Crippen LogP contribution in [0.25, 0.3) is 0 Å². The third kappa shape index (κ3) is 6.50. The van der Waals surface area contributed by atoms with Crippen molar-refractivity contribution in [2.75, 3.05) is 52.7 Å². The molecule has 9 heteroatoms. The Hall–Kier alpha value is -4.40. The van der Waals surface area contributed by atoms with E-state index < -0.39 is 12.2 Å². The summed E-state index contributed by atoms with van der Waals surface area (Å²) in [7, 11) is 0. The highest BCUT2D eigenvalue weighted by Gasteiger charge is 2.34. The van der Waals surface area contributed by atoms with Crippen molar-refractivity contribution < 1.29 is 9.59 Å². The topological polar surface area (TPSA) is 93.2 Å². The van der Waals surface area contributed by atoms with E-state index in [1.54, 1.807) is 4.90 Å². The van der Waals surface area contributed by atoms with Gasteiger partial charge in [-0.25, -0.2) is 9.78 Å². The predicted octanol–water partition coefficient (Wildman–Crippen LogP) is 5.68. The Labute approximate surface area is 254 Å². The number of hydrogen-bond acceptors (Lipinski definition) is 6. The number of nitrogens with zero attached hydrogens (tertiary/aromatic N) is 5. The van der Waals surface area contributed by atoms with Crippen LogP contribution in [0, 0.1) is 5.92 Å². The number of pyridine rings is 1. The highest BCUT2D eigenvalue weighted by Crippen LogP contribution is 2.34. The quantitative estimate of drug-likeness (QED) is 0.376. The molecule has 9 nitrogen and oxygen atoms in total. The minimum Gasteiger partial charge on any atom is -0.368 e. The zero-order valence-electron chi connectivity index (χ0n) is 24.9. The summed E-state index contributed by atoms with van der Waals surface area (Å²) in [6.45, 7) is 6.22. The number of amides is 3. The molecule has 2 aromatic carbocycles. The van der Waals surface area contributed by atoms with Crippen LogP contribution in [0.3, 0.4) is 0 Å². The third-order valence-corrected chi connectivity index (χ3v) is 8.69. The molecule has 1 aromatic heterocycles. The van der Waals surface area contributed by atoms with E-state index in [1.807, 2.05) is 66.9 Å². The van der Waals surface area contributed by atoms with Gasteiger partial charge in [-0.2, -0.15) is 0 Å². The van der Waals surface area contributed by atoms with Crippen molar-refractivity contribution in [3.8, 4) is 0 Å². The van der Waals surface area contributed by atoms with Crippen molar-refractivity contribution in [3.63, 3.8) is 0 Å². The first-order valence-electron chi connectivity index (χ1n) is 15.7. The number of fused-ring (bicyclic) bond motifs is 1. The number of aliphatic imine (C=N–C) groups is 1. The van der Waals surface area contributed by atoms with Gasteiger partial charge in [-0.1, -0.05) is 50.5 Å². The highest BCUT2D eigenvalue weighted by atomic mass is 16.2. The summed E-state index contributed by atoms with van der Waals surface area (Å²) in [5.74, 6) is 1.10. The van der Waals surface area contributed by atoms with E-state index in [2.05, 4.69) is 38.4 Å². The zero-order valence-corrected chi connectivity index (χ0v) is 24.9. The number of hydrogen-bond donors (Lipinski definition) is 2. The van der Waals surface area contributed by atoms with Crippen LogP contribution in [-0.2, 0) is 4.79 Å². The van der Waals surface area contributed by atoms with Crippen molar-refractivity contribution >= 4 is 40.5 Å². The second-order valence-electron chi connectivity index (χ2n) is 11.6. The molecule has 3 amide bonds. The van der Waals surface area contributed by atoms with Gasteiger partial charge in [0.2, 0.25) is 6.17 Å². The van der Waals surface area contributed by atoms with Gasteiger partial charge in [0.05, 0.1) is 11.4 Å². The molecular weight excluding hydrogens is 538 g/mol. The molecule has 1 saturated carbocycles. The lowest BCUT2D eigenvalue weighted by Crippen LogP contribution is -2.49. The Morgan fingerprint density at radius 3 is 2.33 bits per heavy atom. The standard InChI is InChI=1S/C34H41N7O2/c1-2-20-41-29-13-7-6-12-28(29)31(25-10-4-3-5-11-25)37-32(33(41)42)38-34(43)36-26-15-17-27(18-16-26)39-21-23-40(24-22-39)30-14-8-9-19-35-30/h6-9,12-19,25,32H,2-5,10-11,20-24H2,1H3,(H2,36,38,43). The predicted molar refractivity (Wildman–Crippen MR) is 173 cm³/mol. The number of carbonyl (C=O) groups excluding carboxylic acids is 2. The molecule has 3 aliphatic rings. The summed E-state index contributed by atoms with van der Waals surface area (Å²) in [5.41, 5.74) is 4.62. The van der Waals surface area contributed by atoms with E-state index >= 15 is 0 Å².